The van der Waals surface area contributed by atoms with Crippen LogP contribution in [0, 0.1) is 17.0 Å². The summed E-state index contributed by atoms with van der Waals surface area (Å²) in [5, 5.41) is 13.5. The Kier molecular flexibility index (Phi) is 3.51. The predicted octanol–water partition coefficient (Wildman–Crippen LogP) is 2.55. The Balaban J connectivity index is 2.34. The molecule has 1 amide bonds. The molecule has 0 atom stereocenters. The van der Waals surface area contributed by atoms with Crippen LogP contribution in [0.4, 0.5) is 11.4 Å². The third-order valence-corrected chi connectivity index (χ3v) is 2.63. The zero-order valence-electron chi connectivity index (χ0n) is 10.2. The Morgan fingerprint density at radius 1 is 1.26 bits per heavy atom. The first-order chi connectivity index (χ1) is 9.09. The van der Waals surface area contributed by atoms with Gasteiger partial charge in [0.05, 0.1) is 4.92 Å². The van der Waals surface area contributed by atoms with E-state index in [9.17, 15) is 14.9 Å². The Hall–Kier alpha value is -2.76. The molecular formula is C13H11N3O3. The molecule has 6 heteroatoms. The van der Waals surface area contributed by atoms with Crippen molar-refractivity contribution in [3.8, 4) is 0 Å². The molecule has 0 saturated heterocycles. The minimum Gasteiger partial charge on any atom is -0.316 e. The first-order valence-corrected chi connectivity index (χ1v) is 5.55. The fourth-order valence-electron chi connectivity index (χ4n) is 1.66. The van der Waals surface area contributed by atoms with Gasteiger partial charge in [-0.3, -0.25) is 19.9 Å². The van der Waals surface area contributed by atoms with Gasteiger partial charge in [-0.15, -0.1) is 0 Å². The van der Waals surface area contributed by atoms with Crippen LogP contribution in [0.1, 0.15) is 15.9 Å². The summed E-state index contributed by atoms with van der Waals surface area (Å²) < 4.78 is 0. The molecule has 0 bridgehead atoms. The van der Waals surface area contributed by atoms with E-state index >= 15 is 0 Å². The molecule has 1 aromatic carbocycles. The smallest absolute Gasteiger partial charge is 0.293 e. The topological polar surface area (TPSA) is 85.1 Å². The van der Waals surface area contributed by atoms with Gasteiger partial charge in [0.25, 0.3) is 11.6 Å². The highest BCUT2D eigenvalue weighted by Crippen LogP contribution is 2.27. The lowest BCUT2D eigenvalue weighted by atomic mass is 10.1. The molecule has 1 aromatic heterocycles. The zero-order valence-corrected chi connectivity index (χ0v) is 10.2. The fraction of sp³-hybridized carbons (Fsp3) is 0.0769. The van der Waals surface area contributed by atoms with Crippen molar-refractivity contribution in [3.63, 3.8) is 0 Å². The van der Waals surface area contributed by atoms with Crippen LogP contribution in [0.15, 0.2) is 42.7 Å². The van der Waals surface area contributed by atoms with Gasteiger partial charge < -0.3 is 5.32 Å². The lowest BCUT2D eigenvalue weighted by Crippen LogP contribution is -2.14. The number of anilines is 1. The first kappa shape index (κ1) is 12.7. The maximum atomic E-state index is 12.0. The largest absolute Gasteiger partial charge is 0.316 e. The fourth-order valence-corrected chi connectivity index (χ4v) is 1.66. The lowest BCUT2D eigenvalue weighted by Gasteiger charge is -2.08. The number of nitro benzene ring substituents is 1. The van der Waals surface area contributed by atoms with Crippen LogP contribution < -0.4 is 5.32 Å². The van der Waals surface area contributed by atoms with E-state index in [1.807, 2.05) is 0 Å². The number of pyridine rings is 1. The number of nitrogens with zero attached hydrogens (tertiary/aromatic N) is 2. The third-order valence-electron chi connectivity index (χ3n) is 2.63. The Morgan fingerprint density at radius 3 is 2.58 bits per heavy atom. The molecule has 0 spiro atoms. The summed E-state index contributed by atoms with van der Waals surface area (Å²) in [5.41, 5.74) is 1.13. The summed E-state index contributed by atoms with van der Waals surface area (Å²) in [6.45, 7) is 1.70. The van der Waals surface area contributed by atoms with Crippen molar-refractivity contribution in [2.45, 2.75) is 6.92 Å². The summed E-state index contributed by atoms with van der Waals surface area (Å²) >= 11 is 0. The quantitative estimate of drug-likeness (QED) is 0.676. The number of amides is 1. The summed E-state index contributed by atoms with van der Waals surface area (Å²) in [7, 11) is 0. The van der Waals surface area contributed by atoms with E-state index in [0.717, 1.165) is 0 Å². The molecule has 0 aliphatic heterocycles. The van der Waals surface area contributed by atoms with E-state index < -0.39 is 10.8 Å². The molecule has 2 rings (SSSR count). The molecular weight excluding hydrogens is 246 g/mol. The van der Waals surface area contributed by atoms with Gasteiger partial charge in [-0.05, 0) is 24.6 Å². The number of nitro groups is 1. The van der Waals surface area contributed by atoms with Gasteiger partial charge in [0.2, 0.25) is 0 Å². The zero-order chi connectivity index (χ0) is 13.8. The van der Waals surface area contributed by atoms with E-state index in [2.05, 4.69) is 10.3 Å². The summed E-state index contributed by atoms with van der Waals surface area (Å²) in [6, 6.07) is 7.72. The molecule has 2 aromatic rings. The van der Waals surface area contributed by atoms with Crippen molar-refractivity contribution in [1.29, 1.82) is 0 Å². The number of nitrogens with one attached hydrogen (secondary N) is 1. The Bertz CT molecular complexity index is 626. The van der Waals surface area contributed by atoms with Crippen LogP contribution in [-0.4, -0.2) is 15.8 Å². The molecule has 6 nitrogen and oxygen atoms in total. The number of hydrogen-bond acceptors (Lipinski definition) is 4. The SMILES string of the molecule is Cc1cccc([N+](=O)[O-])c1NC(=O)c1ccncc1. The van der Waals surface area contributed by atoms with Crippen LogP contribution in [0.3, 0.4) is 0 Å². The van der Waals surface area contributed by atoms with E-state index in [0.29, 0.717) is 11.1 Å². The number of aromatic nitrogens is 1. The predicted molar refractivity (Wildman–Crippen MR) is 70.0 cm³/mol. The maximum absolute atomic E-state index is 12.0. The van der Waals surface area contributed by atoms with Gasteiger partial charge in [-0.1, -0.05) is 12.1 Å². The van der Waals surface area contributed by atoms with Crippen molar-refractivity contribution in [3.05, 3.63) is 64.0 Å². The summed E-state index contributed by atoms with van der Waals surface area (Å²) in [6.07, 6.45) is 2.97. The lowest BCUT2D eigenvalue weighted by molar-refractivity contribution is -0.383. The van der Waals surface area contributed by atoms with Crippen LogP contribution >= 0.6 is 0 Å². The van der Waals surface area contributed by atoms with Crippen LogP contribution in [0.25, 0.3) is 0 Å². The molecule has 0 unspecified atom stereocenters. The Morgan fingerprint density at radius 2 is 1.95 bits per heavy atom. The van der Waals surface area contributed by atoms with Crippen LogP contribution in [0.5, 0.6) is 0 Å². The standard InChI is InChI=1S/C13H11N3O3/c1-9-3-2-4-11(16(18)19)12(9)15-13(17)10-5-7-14-8-6-10/h2-8H,1H3,(H,15,17). The van der Waals surface area contributed by atoms with Gasteiger partial charge in [0.1, 0.15) is 5.69 Å². The number of hydrogen-bond donors (Lipinski definition) is 1. The number of rotatable bonds is 3. The highest BCUT2D eigenvalue weighted by molar-refractivity contribution is 6.05. The van der Waals surface area contributed by atoms with Crippen LogP contribution in [0.2, 0.25) is 0 Å². The van der Waals surface area contributed by atoms with Gasteiger partial charge in [-0.25, -0.2) is 0 Å². The molecule has 19 heavy (non-hydrogen) atoms. The molecule has 1 heterocycles. The molecule has 0 aliphatic rings. The highest BCUT2D eigenvalue weighted by Gasteiger charge is 2.18. The molecule has 0 radical (unpaired) electrons. The summed E-state index contributed by atoms with van der Waals surface area (Å²) in [5.74, 6) is -0.403. The average Bonchev–Trinajstić information content (AvgIpc) is 2.41. The molecule has 96 valence electrons. The van der Waals surface area contributed by atoms with Gasteiger partial charge >= 0.3 is 0 Å². The number of carbonyl (C=O) groups is 1. The minimum absolute atomic E-state index is 0.123. The van der Waals surface area contributed by atoms with E-state index in [-0.39, 0.29) is 11.4 Å². The van der Waals surface area contributed by atoms with E-state index in [4.69, 9.17) is 0 Å². The van der Waals surface area contributed by atoms with Gasteiger partial charge in [0, 0.05) is 24.0 Å². The number of carbonyl (C=O) groups excluding carboxylic acids is 1. The van der Waals surface area contributed by atoms with Crippen molar-refractivity contribution in [2.75, 3.05) is 5.32 Å². The Labute approximate surface area is 109 Å². The second-order valence-electron chi connectivity index (χ2n) is 3.92. The number of para-hydroxylation sites is 1. The maximum Gasteiger partial charge on any atom is 0.293 e. The number of benzene rings is 1. The van der Waals surface area contributed by atoms with Crippen molar-refractivity contribution in [2.24, 2.45) is 0 Å². The molecule has 0 aliphatic carbocycles. The number of aryl methyl sites for hydroxylation is 1. The van der Waals surface area contributed by atoms with Crippen molar-refractivity contribution < 1.29 is 9.72 Å². The van der Waals surface area contributed by atoms with E-state index in [1.165, 1.54) is 18.5 Å². The van der Waals surface area contributed by atoms with E-state index in [1.54, 1.807) is 31.2 Å². The van der Waals surface area contributed by atoms with Crippen molar-refractivity contribution >= 4 is 17.3 Å². The average molecular weight is 257 g/mol. The molecule has 0 fully saturated rings. The van der Waals surface area contributed by atoms with Crippen molar-refractivity contribution in [1.82, 2.24) is 4.98 Å². The second-order valence-corrected chi connectivity index (χ2v) is 3.92. The summed E-state index contributed by atoms with van der Waals surface area (Å²) in [4.78, 5) is 26.2. The molecule has 0 saturated carbocycles. The minimum atomic E-state index is -0.519. The third kappa shape index (κ3) is 2.74. The first-order valence-electron chi connectivity index (χ1n) is 5.55. The second kappa shape index (κ2) is 5.26. The van der Waals surface area contributed by atoms with Crippen LogP contribution in [-0.2, 0) is 0 Å². The van der Waals surface area contributed by atoms with Gasteiger partial charge in [-0.2, -0.15) is 0 Å². The normalized spacial score (nSPS) is 9.95. The molecule has 1 N–H and O–H groups in total. The highest BCUT2D eigenvalue weighted by atomic mass is 16.6. The monoisotopic (exact) mass is 257 g/mol. The van der Waals surface area contributed by atoms with Gasteiger partial charge in [0.15, 0.2) is 0 Å².